The first-order valence-corrected chi connectivity index (χ1v) is 6.33. The molecule has 0 bridgehead atoms. The Morgan fingerprint density at radius 1 is 1.10 bits per heavy atom. The van der Waals surface area contributed by atoms with Crippen LogP contribution in [-0.2, 0) is 13.0 Å². The molecule has 0 radical (unpaired) electrons. The van der Waals surface area contributed by atoms with E-state index in [1.54, 1.807) is 4.90 Å². The zero-order valence-corrected chi connectivity index (χ0v) is 10.7. The van der Waals surface area contributed by atoms with Gasteiger partial charge in [0.15, 0.2) is 0 Å². The number of carbonyl (C=O) groups is 1. The van der Waals surface area contributed by atoms with Gasteiger partial charge in [0.25, 0.3) is 11.5 Å². The van der Waals surface area contributed by atoms with E-state index in [1.165, 1.54) is 5.56 Å². The summed E-state index contributed by atoms with van der Waals surface area (Å²) in [5.41, 5.74) is 1.11. The maximum atomic E-state index is 12.3. The topological polar surface area (TPSA) is 86.0 Å². The summed E-state index contributed by atoms with van der Waals surface area (Å²) in [5.74, 6) is -0.331. The van der Waals surface area contributed by atoms with Crippen molar-refractivity contribution in [2.75, 3.05) is 6.54 Å². The highest BCUT2D eigenvalue weighted by Gasteiger charge is 2.22. The predicted molar refractivity (Wildman–Crippen MR) is 72.6 cm³/mol. The highest BCUT2D eigenvalue weighted by Crippen LogP contribution is 2.19. The molecule has 1 aromatic carbocycles. The Hall–Kier alpha value is -2.63. The van der Waals surface area contributed by atoms with Crippen LogP contribution in [0.5, 0.6) is 0 Å². The molecule has 0 saturated heterocycles. The highest BCUT2D eigenvalue weighted by molar-refractivity contribution is 5.92. The van der Waals surface area contributed by atoms with Crippen molar-refractivity contribution in [3.05, 3.63) is 68.0 Å². The number of H-pyrrole nitrogens is 2. The van der Waals surface area contributed by atoms with Crippen LogP contribution in [0, 0.1) is 0 Å². The van der Waals surface area contributed by atoms with Crippen LogP contribution in [0.1, 0.15) is 21.6 Å². The first-order valence-electron chi connectivity index (χ1n) is 6.33. The van der Waals surface area contributed by atoms with Crippen molar-refractivity contribution in [3.8, 4) is 0 Å². The summed E-state index contributed by atoms with van der Waals surface area (Å²) >= 11 is 0. The average molecular weight is 271 g/mol. The minimum Gasteiger partial charge on any atom is -0.333 e. The molecule has 0 saturated carbocycles. The van der Waals surface area contributed by atoms with Gasteiger partial charge in [-0.15, -0.1) is 0 Å². The molecule has 1 aliphatic heterocycles. The Morgan fingerprint density at radius 3 is 2.60 bits per heavy atom. The normalized spacial score (nSPS) is 13.9. The van der Waals surface area contributed by atoms with Crippen molar-refractivity contribution in [1.82, 2.24) is 14.9 Å². The van der Waals surface area contributed by atoms with Crippen LogP contribution in [0.25, 0.3) is 0 Å². The third kappa shape index (κ3) is 2.27. The van der Waals surface area contributed by atoms with Gasteiger partial charge in [-0.1, -0.05) is 24.3 Å². The van der Waals surface area contributed by atoms with Crippen LogP contribution in [0.15, 0.2) is 39.9 Å². The van der Waals surface area contributed by atoms with Crippen LogP contribution in [-0.4, -0.2) is 27.3 Å². The van der Waals surface area contributed by atoms with Gasteiger partial charge in [-0.2, -0.15) is 0 Å². The van der Waals surface area contributed by atoms with Gasteiger partial charge < -0.3 is 9.88 Å². The minimum atomic E-state index is -0.668. The molecular formula is C14H13N3O3. The molecule has 2 N–H and O–H groups in total. The maximum Gasteiger partial charge on any atom is 0.326 e. The molecule has 1 aliphatic rings. The van der Waals surface area contributed by atoms with E-state index in [1.807, 2.05) is 29.2 Å². The molecule has 1 amide bonds. The first-order chi connectivity index (χ1) is 9.63. The number of amides is 1. The summed E-state index contributed by atoms with van der Waals surface area (Å²) in [7, 11) is 0. The molecule has 0 unspecified atom stereocenters. The molecule has 0 aliphatic carbocycles. The number of hydrogen-bond donors (Lipinski definition) is 2. The fraction of sp³-hybridized carbons (Fsp3) is 0.214. The van der Waals surface area contributed by atoms with Gasteiger partial charge in [-0.3, -0.25) is 14.6 Å². The lowest BCUT2D eigenvalue weighted by Gasteiger charge is -2.28. The largest absolute Gasteiger partial charge is 0.333 e. The fourth-order valence-corrected chi connectivity index (χ4v) is 2.42. The minimum absolute atomic E-state index is 0.0260. The zero-order valence-electron chi connectivity index (χ0n) is 10.7. The van der Waals surface area contributed by atoms with Gasteiger partial charge in [0, 0.05) is 19.2 Å². The van der Waals surface area contributed by atoms with Crippen molar-refractivity contribution >= 4 is 5.91 Å². The highest BCUT2D eigenvalue weighted by atomic mass is 16.2. The second kappa shape index (κ2) is 4.80. The third-order valence-corrected chi connectivity index (χ3v) is 3.41. The van der Waals surface area contributed by atoms with Gasteiger partial charge >= 0.3 is 5.69 Å². The molecule has 0 atom stereocenters. The Bertz CT molecular complexity index is 747. The first kappa shape index (κ1) is 12.4. The van der Waals surface area contributed by atoms with Crippen molar-refractivity contribution in [1.29, 1.82) is 0 Å². The number of aromatic amines is 2. The number of aromatic nitrogens is 2. The van der Waals surface area contributed by atoms with Crippen LogP contribution in [0.2, 0.25) is 0 Å². The summed E-state index contributed by atoms with van der Waals surface area (Å²) < 4.78 is 0. The van der Waals surface area contributed by atoms with E-state index < -0.39 is 11.2 Å². The second-order valence-electron chi connectivity index (χ2n) is 4.75. The van der Waals surface area contributed by atoms with Crippen LogP contribution in [0.4, 0.5) is 0 Å². The molecule has 102 valence electrons. The maximum absolute atomic E-state index is 12.3. The lowest BCUT2D eigenvalue weighted by atomic mass is 10.00. The SMILES string of the molecule is O=C(c1cc(=O)[nH]c(=O)[nH]1)N1CCc2ccccc2C1. The van der Waals surface area contributed by atoms with E-state index >= 15 is 0 Å². The Morgan fingerprint density at radius 2 is 1.85 bits per heavy atom. The number of rotatable bonds is 1. The Kier molecular flexibility index (Phi) is 2.98. The van der Waals surface area contributed by atoms with Gasteiger partial charge in [-0.05, 0) is 17.5 Å². The van der Waals surface area contributed by atoms with Crippen molar-refractivity contribution in [2.45, 2.75) is 13.0 Å². The number of benzene rings is 1. The predicted octanol–water partition coefficient (Wildman–Crippen LogP) is 0.262. The number of fused-ring (bicyclic) bond motifs is 1. The van der Waals surface area contributed by atoms with E-state index in [0.29, 0.717) is 13.1 Å². The Balaban J connectivity index is 1.89. The van der Waals surface area contributed by atoms with Gasteiger partial charge in [-0.25, -0.2) is 4.79 Å². The van der Waals surface area contributed by atoms with E-state index in [9.17, 15) is 14.4 Å². The molecule has 0 spiro atoms. The molecule has 20 heavy (non-hydrogen) atoms. The second-order valence-corrected chi connectivity index (χ2v) is 4.75. The third-order valence-electron chi connectivity index (χ3n) is 3.41. The summed E-state index contributed by atoms with van der Waals surface area (Å²) in [4.78, 5) is 40.8. The van der Waals surface area contributed by atoms with E-state index in [-0.39, 0.29) is 11.6 Å². The molecule has 3 rings (SSSR count). The molecule has 1 aromatic heterocycles. The van der Waals surface area contributed by atoms with Crippen LogP contribution < -0.4 is 11.2 Å². The summed E-state index contributed by atoms with van der Waals surface area (Å²) in [6.45, 7) is 1.06. The molecule has 6 nitrogen and oxygen atoms in total. The number of hydrogen-bond acceptors (Lipinski definition) is 3. The van der Waals surface area contributed by atoms with E-state index in [4.69, 9.17) is 0 Å². The average Bonchev–Trinajstić information content (AvgIpc) is 2.45. The van der Waals surface area contributed by atoms with Gasteiger partial charge in [0.1, 0.15) is 5.69 Å². The van der Waals surface area contributed by atoms with E-state index in [2.05, 4.69) is 4.98 Å². The monoisotopic (exact) mass is 271 g/mol. The summed E-state index contributed by atoms with van der Waals surface area (Å²) in [6.07, 6.45) is 0.773. The standard InChI is InChI=1S/C14H13N3O3/c18-12-7-11(15-14(20)16-12)13(19)17-6-5-9-3-1-2-4-10(9)8-17/h1-4,7H,5-6,8H2,(H2,15,16,18,20). The summed E-state index contributed by atoms with van der Waals surface area (Å²) in [5, 5.41) is 0. The molecule has 6 heteroatoms. The van der Waals surface area contributed by atoms with E-state index in [0.717, 1.165) is 18.1 Å². The summed E-state index contributed by atoms with van der Waals surface area (Å²) in [6, 6.07) is 9.05. The molecule has 2 heterocycles. The lowest BCUT2D eigenvalue weighted by molar-refractivity contribution is 0.0728. The Labute approximate surface area is 114 Å². The zero-order chi connectivity index (χ0) is 14.1. The van der Waals surface area contributed by atoms with Crippen LogP contribution in [0.3, 0.4) is 0 Å². The molecule has 2 aromatic rings. The van der Waals surface area contributed by atoms with Gasteiger partial charge in [0.05, 0.1) is 0 Å². The van der Waals surface area contributed by atoms with Crippen molar-refractivity contribution in [2.24, 2.45) is 0 Å². The van der Waals surface area contributed by atoms with Crippen molar-refractivity contribution < 1.29 is 4.79 Å². The number of nitrogens with zero attached hydrogens (tertiary/aromatic N) is 1. The fourth-order valence-electron chi connectivity index (χ4n) is 2.42. The van der Waals surface area contributed by atoms with Gasteiger partial charge in [0.2, 0.25) is 0 Å². The smallest absolute Gasteiger partial charge is 0.326 e. The van der Waals surface area contributed by atoms with Crippen molar-refractivity contribution in [3.63, 3.8) is 0 Å². The quantitative estimate of drug-likeness (QED) is 0.780. The molecular weight excluding hydrogens is 258 g/mol. The number of nitrogens with one attached hydrogen (secondary N) is 2. The lowest BCUT2D eigenvalue weighted by Crippen LogP contribution is -2.38. The number of carbonyl (C=O) groups excluding carboxylic acids is 1. The van der Waals surface area contributed by atoms with Crippen LogP contribution >= 0.6 is 0 Å². The molecule has 0 fully saturated rings.